The van der Waals surface area contributed by atoms with Gasteiger partial charge in [-0.15, -0.1) is 0 Å². The third kappa shape index (κ3) is 6.05. The number of non-ortho nitro benzene ring substituents is 1. The lowest BCUT2D eigenvalue weighted by Gasteiger charge is -2.12. The largest absolute Gasteiger partial charge is 0.490 e. The minimum Gasteiger partial charge on any atom is -0.490 e. The number of rotatable bonds is 8. The number of carbonyl (C=O) groups is 2. The number of benzene rings is 3. The molecule has 0 saturated heterocycles. The Balaban J connectivity index is 1.82. The highest BCUT2D eigenvalue weighted by molar-refractivity contribution is 6.09. The van der Waals surface area contributed by atoms with Gasteiger partial charge in [0.25, 0.3) is 11.6 Å². The minimum absolute atomic E-state index is 0.179. The van der Waals surface area contributed by atoms with Crippen molar-refractivity contribution < 1.29 is 24.0 Å². The number of nitrogens with one attached hydrogen (secondary N) is 1. The average Bonchev–Trinajstić information content (AvgIpc) is 2.84. The zero-order valence-electron chi connectivity index (χ0n) is 18.1. The molecule has 0 aliphatic rings. The van der Waals surface area contributed by atoms with Gasteiger partial charge in [-0.2, -0.15) is 5.26 Å². The molecule has 0 bridgehead atoms. The summed E-state index contributed by atoms with van der Waals surface area (Å²) in [5, 5.41) is 22.8. The van der Waals surface area contributed by atoms with E-state index in [1.54, 1.807) is 43.3 Å². The Bertz CT molecular complexity index is 1300. The van der Waals surface area contributed by atoms with Crippen LogP contribution in [0.25, 0.3) is 6.08 Å². The maximum atomic E-state index is 12.5. The van der Waals surface area contributed by atoms with E-state index in [4.69, 9.17) is 9.47 Å². The highest BCUT2D eigenvalue weighted by Gasteiger charge is 2.15. The fourth-order valence-corrected chi connectivity index (χ4v) is 2.91. The molecule has 0 aromatic heterocycles. The molecule has 9 heteroatoms. The van der Waals surface area contributed by atoms with Gasteiger partial charge in [0.1, 0.15) is 11.6 Å². The highest BCUT2D eigenvalue weighted by Crippen LogP contribution is 2.30. The Morgan fingerprint density at radius 1 is 1.06 bits per heavy atom. The minimum atomic E-state index is -0.736. The van der Waals surface area contributed by atoms with Crippen LogP contribution in [0.5, 0.6) is 11.5 Å². The maximum absolute atomic E-state index is 12.5. The van der Waals surface area contributed by atoms with Crippen molar-refractivity contribution in [3.05, 3.63) is 99.6 Å². The van der Waals surface area contributed by atoms with Crippen LogP contribution < -0.4 is 14.8 Å². The molecule has 3 rings (SSSR count). The number of nitro benzene ring substituents is 1. The fourth-order valence-electron chi connectivity index (χ4n) is 2.91. The fraction of sp³-hybridized carbons (Fsp3) is 0.0800. The molecular weight excluding hydrogens is 438 g/mol. The molecule has 0 aliphatic heterocycles. The van der Waals surface area contributed by atoms with Gasteiger partial charge in [0.05, 0.1) is 17.1 Å². The van der Waals surface area contributed by atoms with Crippen LogP contribution in [0, 0.1) is 21.4 Å². The predicted octanol–water partition coefficient (Wildman–Crippen LogP) is 4.76. The van der Waals surface area contributed by atoms with Gasteiger partial charge in [-0.3, -0.25) is 14.9 Å². The van der Waals surface area contributed by atoms with Crippen LogP contribution in [0.3, 0.4) is 0 Å². The zero-order valence-corrected chi connectivity index (χ0v) is 18.1. The molecule has 3 aromatic rings. The molecular formula is C25H19N3O6. The summed E-state index contributed by atoms with van der Waals surface area (Å²) in [6.07, 6.45) is 1.33. The van der Waals surface area contributed by atoms with Crippen LogP contribution in [0.2, 0.25) is 0 Å². The molecule has 9 nitrogen and oxygen atoms in total. The summed E-state index contributed by atoms with van der Waals surface area (Å²) in [5.41, 5.74) is 0.580. The lowest BCUT2D eigenvalue weighted by molar-refractivity contribution is -0.384. The standard InChI is InChI=1S/C25H19N3O6/c1-2-33-23-14-17(11-12-22(23)34-25(30)18-7-4-3-5-8-18)13-19(16-26)24(29)27-20-9-6-10-21(15-20)28(31)32/h3-15H,2H2,1H3,(H,27,29)/b19-13+. The maximum Gasteiger partial charge on any atom is 0.343 e. The summed E-state index contributed by atoms with van der Waals surface area (Å²) in [7, 11) is 0. The number of nitrogens with zero attached hydrogens (tertiary/aromatic N) is 2. The summed E-state index contributed by atoms with van der Waals surface area (Å²) in [4.78, 5) is 35.2. The van der Waals surface area contributed by atoms with E-state index in [2.05, 4.69) is 5.32 Å². The van der Waals surface area contributed by atoms with Gasteiger partial charge in [0.2, 0.25) is 0 Å². The first-order valence-electron chi connectivity index (χ1n) is 10.1. The van der Waals surface area contributed by atoms with Gasteiger partial charge in [-0.1, -0.05) is 30.3 Å². The zero-order chi connectivity index (χ0) is 24.5. The molecule has 3 aromatic carbocycles. The molecule has 1 amide bonds. The third-order valence-corrected chi connectivity index (χ3v) is 4.47. The first-order valence-corrected chi connectivity index (χ1v) is 10.1. The summed E-state index contributed by atoms with van der Waals surface area (Å²) in [6.45, 7) is 2.06. The van der Waals surface area contributed by atoms with Crippen molar-refractivity contribution in [2.45, 2.75) is 6.92 Å². The molecule has 1 N–H and O–H groups in total. The number of nitro groups is 1. The van der Waals surface area contributed by atoms with E-state index < -0.39 is 16.8 Å². The van der Waals surface area contributed by atoms with Crippen LogP contribution in [0.4, 0.5) is 11.4 Å². The Hall–Kier alpha value is -4.97. The molecule has 0 radical (unpaired) electrons. The normalized spacial score (nSPS) is 10.6. The first kappa shape index (κ1) is 23.7. The van der Waals surface area contributed by atoms with Gasteiger partial charge in [-0.25, -0.2) is 4.79 Å². The number of ether oxygens (including phenoxy) is 2. The molecule has 0 spiro atoms. The topological polar surface area (TPSA) is 132 Å². The monoisotopic (exact) mass is 457 g/mol. The summed E-state index contributed by atoms with van der Waals surface area (Å²) < 4.78 is 11.0. The van der Waals surface area contributed by atoms with Crippen molar-refractivity contribution in [2.24, 2.45) is 0 Å². The molecule has 170 valence electrons. The van der Waals surface area contributed by atoms with Crippen LogP contribution in [0.15, 0.2) is 78.4 Å². The van der Waals surface area contributed by atoms with Gasteiger partial charge < -0.3 is 14.8 Å². The predicted molar refractivity (Wildman–Crippen MR) is 124 cm³/mol. The second-order valence-corrected chi connectivity index (χ2v) is 6.83. The first-order chi connectivity index (χ1) is 16.4. The Morgan fingerprint density at radius 3 is 2.50 bits per heavy atom. The van der Waals surface area contributed by atoms with E-state index in [0.717, 1.165) is 0 Å². The summed E-state index contributed by atoms with van der Waals surface area (Å²) in [5.74, 6) is -0.844. The van der Waals surface area contributed by atoms with Gasteiger partial charge >= 0.3 is 5.97 Å². The second-order valence-electron chi connectivity index (χ2n) is 6.83. The van der Waals surface area contributed by atoms with E-state index in [9.17, 15) is 25.0 Å². The number of nitriles is 1. The Labute approximate surface area is 195 Å². The van der Waals surface area contributed by atoms with Crippen molar-refractivity contribution in [2.75, 3.05) is 11.9 Å². The van der Waals surface area contributed by atoms with Crippen molar-refractivity contribution in [3.63, 3.8) is 0 Å². The summed E-state index contributed by atoms with van der Waals surface area (Å²) in [6, 6.07) is 20.3. The third-order valence-electron chi connectivity index (χ3n) is 4.47. The molecule has 34 heavy (non-hydrogen) atoms. The smallest absolute Gasteiger partial charge is 0.343 e. The number of carbonyl (C=O) groups excluding carboxylic acids is 2. The highest BCUT2D eigenvalue weighted by atomic mass is 16.6. The van der Waals surface area contributed by atoms with Crippen molar-refractivity contribution in [1.82, 2.24) is 0 Å². The van der Waals surface area contributed by atoms with Crippen LogP contribution in [0.1, 0.15) is 22.8 Å². The Kier molecular flexibility index (Phi) is 7.71. The SMILES string of the molecule is CCOc1cc(/C=C(\C#N)C(=O)Nc2cccc([N+](=O)[O-])c2)ccc1OC(=O)c1ccccc1. The molecule has 0 fully saturated rings. The molecule has 0 aliphatic carbocycles. The van der Waals surface area contributed by atoms with Crippen LogP contribution in [-0.2, 0) is 4.79 Å². The van der Waals surface area contributed by atoms with Gasteiger partial charge in [-0.05, 0) is 48.9 Å². The number of hydrogen-bond acceptors (Lipinski definition) is 7. The van der Waals surface area contributed by atoms with E-state index in [1.807, 2.05) is 6.07 Å². The lowest BCUT2D eigenvalue weighted by atomic mass is 10.1. The number of hydrogen-bond donors (Lipinski definition) is 1. The van der Waals surface area contributed by atoms with Crippen LogP contribution in [-0.4, -0.2) is 23.4 Å². The van der Waals surface area contributed by atoms with E-state index in [0.29, 0.717) is 17.7 Å². The van der Waals surface area contributed by atoms with Crippen LogP contribution >= 0.6 is 0 Å². The molecule has 0 unspecified atom stereocenters. The quantitative estimate of drug-likeness (QED) is 0.129. The van der Waals surface area contributed by atoms with Crippen molar-refractivity contribution in [1.29, 1.82) is 5.26 Å². The molecule has 0 heterocycles. The lowest BCUT2D eigenvalue weighted by Crippen LogP contribution is -2.13. The van der Waals surface area contributed by atoms with E-state index >= 15 is 0 Å². The number of amides is 1. The van der Waals surface area contributed by atoms with E-state index in [1.165, 1.54) is 42.5 Å². The molecule has 0 saturated carbocycles. The van der Waals surface area contributed by atoms with Crippen molar-refractivity contribution in [3.8, 4) is 17.6 Å². The average molecular weight is 457 g/mol. The van der Waals surface area contributed by atoms with Gasteiger partial charge in [0, 0.05) is 17.8 Å². The van der Waals surface area contributed by atoms with Crippen molar-refractivity contribution >= 4 is 29.3 Å². The van der Waals surface area contributed by atoms with Gasteiger partial charge in [0.15, 0.2) is 11.5 Å². The second kappa shape index (κ2) is 11.1. The summed E-state index contributed by atoms with van der Waals surface area (Å²) >= 11 is 0. The number of anilines is 1. The van der Waals surface area contributed by atoms with E-state index in [-0.39, 0.29) is 28.4 Å². The Morgan fingerprint density at radius 2 is 1.82 bits per heavy atom. The molecule has 0 atom stereocenters. The number of esters is 1.